The highest BCUT2D eigenvalue weighted by Crippen LogP contribution is 2.41. The summed E-state index contributed by atoms with van der Waals surface area (Å²) in [6.07, 6.45) is 4.47. The van der Waals surface area contributed by atoms with E-state index in [2.05, 4.69) is 31.1 Å². The van der Waals surface area contributed by atoms with Crippen molar-refractivity contribution in [2.45, 2.75) is 32.4 Å². The SMILES string of the molecule is Cc1cc(-c2nnc3n2CCNC3C2CC2)ccn1. The van der Waals surface area contributed by atoms with Gasteiger partial charge in [-0.2, -0.15) is 0 Å². The Kier molecular flexibility index (Phi) is 2.41. The van der Waals surface area contributed by atoms with Crippen LogP contribution in [-0.2, 0) is 6.54 Å². The highest BCUT2D eigenvalue weighted by molar-refractivity contribution is 5.55. The molecular weight excluding hydrogens is 238 g/mol. The molecule has 1 aliphatic carbocycles. The van der Waals surface area contributed by atoms with E-state index >= 15 is 0 Å². The summed E-state index contributed by atoms with van der Waals surface area (Å²) in [7, 11) is 0. The van der Waals surface area contributed by atoms with Gasteiger partial charge in [0.05, 0.1) is 6.04 Å². The van der Waals surface area contributed by atoms with E-state index in [9.17, 15) is 0 Å². The number of aryl methyl sites for hydroxylation is 1. The Morgan fingerprint density at radius 1 is 1.32 bits per heavy atom. The quantitative estimate of drug-likeness (QED) is 0.887. The van der Waals surface area contributed by atoms with Gasteiger partial charge in [-0.05, 0) is 37.8 Å². The Morgan fingerprint density at radius 3 is 3.00 bits per heavy atom. The van der Waals surface area contributed by atoms with Gasteiger partial charge in [0.2, 0.25) is 0 Å². The van der Waals surface area contributed by atoms with Crippen LogP contribution in [0.2, 0.25) is 0 Å². The molecule has 98 valence electrons. The molecule has 0 aromatic carbocycles. The summed E-state index contributed by atoms with van der Waals surface area (Å²) in [5.74, 6) is 2.85. The van der Waals surface area contributed by atoms with Crippen LogP contribution < -0.4 is 5.32 Å². The van der Waals surface area contributed by atoms with Gasteiger partial charge in [0.25, 0.3) is 0 Å². The van der Waals surface area contributed by atoms with Crippen LogP contribution in [-0.4, -0.2) is 26.3 Å². The zero-order valence-corrected chi connectivity index (χ0v) is 11.0. The third-order valence-electron chi connectivity index (χ3n) is 4.01. The topological polar surface area (TPSA) is 55.6 Å². The van der Waals surface area contributed by atoms with Gasteiger partial charge in [0, 0.05) is 30.5 Å². The van der Waals surface area contributed by atoms with Crippen LogP contribution in [0.15, 0.2) is 18.3 Å². The minimum atomic E-state index is 0.401. The van der Waals surface area contributed by atoms with E-state index in [0.717, 1.165) is 41.9 Å². The summed E-state index contributed by atoms with van der Waals surface area (Å²) in [5.41, 5.74) is 2.13. The van der Waals surface area contributed by atoms with Crippen molar-refractivity contribution in [1.82, 2.24) is 25.1 Å². The van der Waals surface area contributed by atoms with Crippen molar-refractivity contribution in [3.63, 3.8) is 0 Å². The van der Waals surface area contributed by atoms with Crippen LogP contribution in [0.1, 0.15) is 30.4 Å². The third-order valence-corrected chi connectivity index (χ3v) is 4.01. The van der Waals surface area contributed by atoms with Crippen molar-refractivity contribution < 1.29 is 0 Å². The largest absolute Gasteiger partial charge is 0.308 e. The standard InChI is InChI=1S/C14H17N5/c1-9-8-11(4-5-15-9)13-17-18-14-12(10-2-3-10)16-6-7-19(13)14/h4-5,8,10,12,16H,2-3,6-7H2,1H3. The zero-order valence-electron chi connectivity index (χ0n) is 11.0. The van der Waals surface area contributed by atoms with Crippen molar-refractivity contribution >= 4 is 0 Å². The molecule has 4 rings (SSSR count). The molecule has 2 aliphatic rings. The van der Waals surface area contributed by atoms with Crippen molar-refractivity contribution in [3.8, 4) is 11.4 Å². The average Bonchev–Trinajstić information content (AvgIpc) is 3.17. The van der Waals surface area contributed by atoms with E-state index in [4.69, 9.17) is 0 Å². The van der Waals surface area contributed by atoms with Gasteiger partial charge in [-0.1, -0.05) is 0 Å². The first-order chi connectivity index (χ1) is 9.33. The highest BCUT2D eigenvalue weighted by Gasteiger charge is 2.37. The number of pyridine rings is 1. The molecule has 1 aliphatic heterocycles. The summed E-state index contributed by atoms with van der Waals surface area (Å²) >= 11 is 0. The van der Waals surface area contributed by atoms with E-state index in [-0.39, 0.29) is 0 Å². The smallest absolute Gasteiger partial charge is 0.164 e. The lowest BCUT2D eigenvalue weighted by atomic mass is 10.1. The first kappa shape index (κ1) is 11.1. The second-order valence-corrected chi connectivity index (χ2v) is 5.49. The van der Waals surface area contributed by atoms with Gasteiger partial charge in [0.1, 0.15) is 0 Å². The van der Waals surface area contributed by atoms with Crippen molar-refractivity contribution in [1.29, 1.82) is 0 Å². The van der Waals surface area contributed by atoms with Gasteiger partial charge in [-0.15, -0.1) is 10.2 Å². The molecule has 1 N–H and O–H groups in total. The fraction of sp³-hybridized carbons (Fsp3) is 0.500. The Labute approximate surface area is 112 Å². The number of hydrogen-bond donors (Lipinski definition) is 1. The third kappa shape index (κ3) is 1.85. The molecule has 3 heterocycles. The lowest BCUT2D eigenvalue weighted by molar-refractivity contribution is 0.383. The average molecular weight is 255 g/mol. The van der Waals surface area contributed by atoms with Gasteiger partial charge in [-0.3, -0.25) is 4.98 Å². The van der Waals surface area contributed by atoms with Crippen LogP contribution in [0.25, 0.3) is 11.4 Å². The first-order valence-electron chi connectivity index (χ1n) is 6.92. The van der Waals surface area contributed by atoms with Crippen LogP contribution >= 0.6 is 0 Å². The Morgan fingerprint density at radius 2 is 2.21 bits per heavy atom. The first-order valence-corrected chi connectivity index (χ1v) is 6.92. The molecule has 0 radical (unpaired) electrons. The molecule has 1 atom stereocenters. The molecule has 1 fully saturated rings. The molecular formula is C14H17N5. The fourth-order valence-corrected chi connectivity index (χ4v) is 2.89. The number of nitrogens with zero attached hydrogens (tertiary/aromatic N) is 4. The van der Waals surface area contributed by atoms with Crippen molar-refractivity contribution in [2.75, 3.05) is 6.54 Å². The number of fused-ring (bicyclic) bond motifs is 1. The Balaban J connectivity index is 1.78. The van der Waals surface area contributed by atoms with E-state index in [1.165, 1.54) is 12.8 Å². The monoisotopic (exact) mass is 255 g/mol. The second kappa shape index (κ2) is 4.13. The predicted molar refractivity (Wildman–Crippen MR) is 71.5 cm³/mol. The maximum atomic E-state index is 4.44. The molecule has 0 spiro atoms. The van der Waals surface area contributed by atoms with Crippen LogP contribution in [0, 0.1) is 12.8 Å². The maximum absolute atomic E-state index is 4.44. The second-order valence-electron chi connectivity index (χ2n) is 5.49. The molecule has 19 heavy (non-hydrogen) atoms. The molecule has 0 saturated heterocycles. The lowest BCUT2D eigenvalue weighted by Crippen LogP contribution is -2.35. The Bertz CT molecular complexity index is 614. The minimum Gasteiger partial charge on any atom is -0.308 e. The highest BCUT2D eigenvalue weighted by atomic mass is 15.3. The van der Waals surface area contributed by atoms with E-state index in [0.29, 0.717) is 6.04 Å². The van der Waals surface area contributed by atoms with Crippen molar-refractivity contribution in [2.24, 2.45) is 5.92 Å². The molecule has 1 saturated carbocycles. The normalized spacial score (nSPS) is 22.3. The molecule has 2 aromatic rings. The zero-order chi connectivity index (χ0) is 12.8. The maximum Gasteiger partial charge on any atom is 0.164 e. The number of rotatable bonds is 2. The summed E-state index contributed by atoms with van der Waals surface area (Å²) in [5, 5.41) is 12.4. The summed E-state index contributed by atoms with van der Waals surface area (Å²) < 4.78 is 2.27. The lowest BCUT2D eigenvalue weighted by Gasteiger charge is -2.25. The Hall–Kier alpha value is -1.75. The van der Waals surface area contributed by atoms with Crippen LogP contribution in [0.3, 0.4) is 0 Å². The van der Waals surface area contributed by atoms with E-state index in [1.807, 2.05) is 19.2 Å². The predicted octanol–water partition coefficient (Wildman–Crippen LogP) is 1.70. The molecule has 5 nitrogen and oxygen atoms in total. The van der Waals surface area contributed by atoms with Gasteiger partial charge in [-0.25, -0.2) is 0 Å². The summed E-state index contributed by atoms with van der Waals surface area (Å²) in [6.45, 7) is 3.96. The van der Waals surface area contributed by atoms with Crippen LogP contribution in [0.4, 0.5) is 0 Å². The fourth-order valence-electron chi connectivity index (χ4n) is 2.89. The molecule has 0 bridgehead atoms. The summed E-state index contributed by atoms with van der Waals surface area (Å²) in [6, 6.07) is 4.49. The summed E-state index contributed by atoms with van der Waals surface area (Å²) in [4.78, 5) is 4.25. The molecule has 2 aromatic heterocycles. The molecule has 0 amide bonds. The number of hydrogen-bond acceptors (Lipinski definition) is 4. The molecule has 1 unspecified atom stereocenters. The van der Waals surface area contributed by atoms with E-state index < -0.39 is 0 Å². The molecule has 5 heteroatoms. The van der Waals surface area contributed by atoms with Gasteiger partial charge < -0.3 is 9.88 Å². The number of aromatic nitrogens is 4. The van der Waals surface area contributed by atoms with Gasteiger partial charge >= 0.3 is 0 Å². The number of nitrogens with one attached hydrogen (secondary N) is 1. The van der Waals surface area contributed by atoms with Gasteiger partial charge in [0.15, 0.2) is 11.6 Å². The van der Waals surface area contributed by atoms with E-state index in [1.54, 1.807) is 0 Å². The van der Waals surface area contributed by atoms with Crippen LogP contribution in [0.5, 0.6) is 0 Å². The minimum absolute atomic E-state index is 0.401. The van der Waals surface area contributed by atoms with Crippen molar-refractivity contribution in [3.05, 3.63) is 29.8 Å².